The zero-order valence-electron chi connectivity index (χ0n) is 10.1. The number of sulfone groups is 1. The first kappa shape index (κ1) is 14.2. The van der Waals surface area contributed by atoms with Gasteiger partial charge in [0.15, 0.2) is 5.03 Å². The largest absolute Gasteiger partial charge is 0.315 e. The van der Waals surface area contributed by atoms with E-state index < -0.39 is 9.84 Å². The lowest BCUT2D eigenvalue weighted by molar-refractivity contribution is 0.579. The van der Waals surface area contributed by atoms with E-state index in [1.165, 1.54) is 6.20 Å². The molecule has 1 aliphatic rings. The average Bonchev–Trinajstić information content (AvgIpc) is 2.92. The molecular weight excluding hydrogens is 286 g/mol. The van der Waals surface area contributed by atoms with E-state index >= 15 is 0 Å². The Labute approximate surface area is 117 Å². The van der Waals surface area contributed by atoms with Gasteiger partial charge in [0.25, 0.3) is 0 Å². The van der Waals surface area contributed by atoms with Gasteiger partial charge in [0.05, 0.1) is 22.5 Å². The molecule has 0 radical (unpaired) electrons. The fraction of sp³-hybridized carbons (Fsp3) is 0.333. The van der Waals surface area contributed by atoms with Crippen molar-refractivity contribution in [3.63, 3.8) is 0 Å². The van der Waals surface area contributed by atoms with Gasteiger partial charge >= 0.3 is 0 Å². The zero-order chi connectivity index (χ0) is 12.6. The molecule has 0 bridgehead atoms. The normalized spacial score (nSPS) is 19.3. The van der Waals surface area contributed by atoms with Crippen molar-refractivity contribution in [2.75, 3.05) is 13.1 Å². The topological polar surface area (TPSA) is 72.0 Å². The van der Waals surface area contributed by atoms with Crippen LogP contribution in [-0.4, -0.2) is 36.7 Å². The second kappa shape index (κ2) is 5.40. The fourth-order valence-electron chi connectivity index (χ4n) is 2.14. The van der Waals surface area contributed by atoms with Gasteiger partial charge < -0.3 is 5.32 Å². The molecule has 1 saturated heterocycles. The van der Waals surface area contributed by atoms with Crippen molar-refractivity contribution in [1.29, 1.82) is 0 Å². The highest BCUT2D eigenvalue weighted by atomic mass is 35.5. The quantitative estimate of drug-likeness (QED) is 0.902. The maximum atomic E-state index is 12.3. The Hall–Kier alpha value is -1.24. The van der Waals surface area contributed by atoms with Crippen LogP contribution in [0.5, 0.6) is 0 Å². The number of halogens is 1. The number of fused-ring (bicyclic) bond motifs is 1. The summed E-state index contributed by atoms with van der Waals surface area (Å²) in [6, 6.07) is 7.26. The van der Waals surface area contributed by atoms with E-state index in [0.29, 0.717) is 24.0 Å². The van der Waals surface area contributed by atoms with Gasteiger partial charge in [0.1, 0.15) is 0 Å². The average molecular weight is 300 g/mol. The van der Waals surface area contributed by atoms with Crippen molar-refractivity contribution >= 4 is 33.3 Å². The van der Waals surface area contributed by atoms with Crippen molar-refractivity contribution in [2.24, 2.45) is 0 Å². The van der Waals surface area contributed by atoms with Crippen LogP contribution in [0.25, 0.3) is 11.0 Å². The Morgan fingerprint density at radius 2 is 1.95 bits per heavy atom. The molecule has 1 aromatic carbocycles. The van der Waals surface area contributed by atoms with Crippen LogP contribution in [0, 0.1) is 0 Å². The first-order chi connectivity index (χ1) is 8.68. The fourth-order valence-corrected chi connectivity index (χ4v) is 3.67. The molecule has 1 aliphatic heterocycles. The number of benzene rings is 1. The molecule has 0 amide bonds. The van der Waals surface area contributed by atoms with E-state index in [1.807, 2.05) is 18.2 Å². The Balaban J connectivity index is 0.00000133. The van der Waals surface area contributed by atoms with Crippen LogP contribution in [-0.2, 0) is 9.84 Å². The summed E-state index contributed by atoms with van der Waals surface area (Å²) in [6.07, 6.45) is 1.99. The van der Waals surface area contributed by atoms with Gasteiger partial charge in [0, 0.05) is 6.54 Å². The van der Waals surface area contributed by atoms with Crippen molar-refractivity contribution in [3.8, 4) is 0 Å². The first-order valence-corrected chi connectivity index (χ1v) is 7.39. The van der Waals surface area contributed by atoms with Crippen LogP contribution in [0.1, 0.15) is 6.42 Å². The van der Waals surface area contributed by atoms with Crippen LogP contribution >= 0.6 is 12.4 Å². The molecule has 0 aliphatic carbocycles. The lowest BCUT2D eigenvalue weighted by atomic mass is 10.3. The van der Waals surface area contributed by atoms with Gasteiger partial charge in [-0.05, 0) is 25.1 Å². The molecule has 0 spiro atoms. The summed E-state index contributed by atoms with van der Waals surface area (Å²) in [5.74, 6) is 0. The van der Waals surface area contributed by atoms with Crippen LogP contribution in [0.3, 0.4) is 0 Å². The van der Waals surface area contributed by atoms with Crippen molar-refractivity contribution in [2.45, 2.75) is 16.7 Å². The van der Waals surface area contributed by atoms with Crippen molar-refractivity contribution < 1.29 is 8.42 Å². The number of rotatable bonds is 2. The van der Waals surface area contributed by atoms with Crippen LogP contribution < -0.4 is 5.32 Å². The number of aromatic nitrogens is 2. The van der Waals surface area contributed by atoms with Gasteiger partial charge in [-0.15, -0.1) is 12.4 Å². The summed E-state index contributed by atoms with van der Waals surface area (Å²) in [7, 11) is -3.37. The summed E-state index contributed by atoms with van der Waals surface area (Å²) in [4.78, 5) is 8.37. The molecular formula is C12H14ClN3O2S. The molecule has 3 rings (SSSR count). The van der Waals surface area contributed by atoms with Gasteiger partial charge in [0.2, 0.25) is 9.84 Å². The number of hydrogen-bond donors (Lipinski definition) is 1. The molecule has 2 aromatic rings. The third-order valence-corrected chi connectivity index (χ3v) is 5.23. The molecule has 1 fully saturated rings. The molecule has 0 unspecified atom stereocenters. The highest BCUT2D eigenvalue weighted by Crippen LogP contribution is 2.19. The standard InChI is InChI=1S/C12H13N3O2S.ClH/c16-18(17,9-5-6-13-7-9)12-8-14-10-3-1-2-4-11(10)15-12;/h1-4,8-9,13H,5-7H2;1H/t9-;/m1./s1. The predicted molar refractivity (Wildman–Crippen MR) is 75.2 cm³/mol. The van der Waals surface area contributed by atoms with Crippen LogP contribution in [0.4, 0.5) is 0 Å². The molecule has 5 nitrogen and oxygen atoms in total. The second-order valence-electron chi connectivity index (χ2n) is 4.36. The van der Waals surface area contributed by atoms with Crippen molar-refractivity contribution in [3.05, 3.63) is 30.5 Å². The van der Waals surface area contributed by atoms with Gasteiger partial charge in [-0.25, -0.2) is 13.4 Å². The number of para-hydroxylation sites is 2. The van der Waals surface area contributed by atoms with E-state index in [2.05, 4.69) is 15.3 Å². The Kier molecular flexibility index (Phi) is 4.03. The molecule has 1 N–H and O–H groups in total. The molecule has 102 valence electrons. The highest BCUT2D eigenvalue weighted by molar-refractivity contribution is 7.92. The minimum atomic E-state index is -3.37. The second-order valence-corrected chi connectivity index (χ2v) is 6.53. The number of hydrogen-bond acceptors (Lipinski definition) is 5. The molecule has 19 heavy (non-hydrogen) atoms. The maximum Gasteiger partial charge on any atom is 0.201 e. The van der Waals surface area contributed by atoms with Crippen molar-refractivity contribution in [1.82, 2.24) is 15.3 Å². The molecule has 0 saturated carbocycles. The number of nitrogens with zero attached hydrogens (tertiary/aromatic N) is 2. The molecule has 1 aromatic heterocycles. The third kappa shape index (κ3) is 2.56. The minimum Gasteiger partial charge on any atom is -0.315 e. The van der Waals surface area contributed by atoms with E-state index in [0.717, 1.165) is 6.54 Å². The summed E-state index contributed by atoms with van der Waals surface area (Å²) >= 11 is 0. The summed E-state index contributed by atoms with van der Waals surface area (Å²) < 4.78 is 24.7. The minimum absolute atomic E-state index is 0. The lowest BCUT2D eigenvalue weighted by Crippen LogP contribution is -2.24. The van der Waals surface area contributed by atoms with Crippen LogP contribution in [0.15, 0.2) is 35.5 Å². The van der Waals surface area contributed by atoms with E-state index in [1.54, 1.807) is 6.07 Å². The third-order valence-electron chi connectivity index (χ3n) is 3.17. The Morgan fingerprint density at radius 1 is 1.21 bits per heavy atom. The zero-order valence-corrected chi connectivity index (χ0v) is 11.7. The SMILES string of the molecule is Cl.O=S(=O)(c1cnc2ccccc2n1)[C@@H]1CCNC1. The predicted octanol–water partition coefficient (Wildman–Crippen LogP) is 1.19. The van der Waals surface area contributed by atoms with Gasteiger partial charge in [-0.2, -0.15) is 0 Å². The molecule has 2 heterocycles. The Morgan fingerprint density at radius 3 is 2.63 bits per heavy atom. The summed E-state index contributed by atoms with van der Waals surface area (Å²) in [5.41, 5.74) is 1.32. The van der Waals surface area contributed by atoms with E-state index in [9.17, 15) is 8.42 Å². The molecule has 7 heteroatoms. The smallest absolute Gasteiger partial charge is 0.201 e. The van der Waals surface area contributed by atoms with Crippen LogP contribution in [0.2, 0.25) is 0 Å². The van der Waals surface area contributed by atoms with Gasteiger partial charge in [-0.1, -0.05) is 12.1 Å². The summed E-state index contributed by atoms with van der Waals surface area (Å²) in [6.45, 7) is 1.24. The molecule has 1 atom stereocenters. The first-order valence-electron chi connectivity index (χ1n) is 5.84. The van der Waals surface area contributed by atoms with E-state index in [4.69, 9.17) is 0 Å². The van der Waals surface area contributed by atoms with Gasteiger partial charge in [-0.3, -0.25) is 4.98 Å². The summed E-state index contributed by atoms with van der Waals surface area (Å²) in [5, 5.41) is 2.76. The highest BCUT2D eigenvalue weighted by Gasteiger charge is 2.31. The lowest BCUT2D eigenvalue weighted by Gasteiger charge is -2.09. The maximum absolute atomic E-state index is 12.3. The number of nitrogens with one attached hydrogen (secondary N) is 1. The Bertz CT molecular complexity index is 684. The monoisotopic (exact) mass is 299 g/mol. The van der Waals surface area contributed by atoms with E-state index in [-0.39, 0.29) is 22.7 Å².